The summed E-state index contributed by atoms with van der Waals surface area (Å²) in [5.41, 5.74) is 2.89. The minimum atomic E-state index is -0.770. The molecule has 0 unspecified atom stereocenters. The van der Waals surface area contributed by atoms with Gasteiger partial charge in [0.15, 0.2) is 0 Å². The van der Waals surface area contributed by atoms with E-state index in [0.29, 0.717) is 0 Å². The maximum Gasteiger partial charge on any atom is 0.427 e. The molecule has 3 rings (SSSR count). The summed E-state index contributed by atoms with van der Waals surface area (Å²) in [6.07, 6.45) is 0. The van der Waals surface area contributed by atoms with Crippen molar-refractivity contribution in [3.8, 4) is 11.5 Å². The van der Waals surface area contributed by atoms with E-state index in [1.54, 1.807) is 0 Å². The SMILES string of the molecule is CC(C)(C)c1ccc2c(c1)O[SiH2]O2.C[NH+](C)Cc1ccccc1. The third kappa shape index (κ3) is 5.41. The third-order valence-electron chi connectivity index (χ3n) is 3.64. The van der Waals surface area contributed by atoms with Crippen LogP contribution in [0.4, 0.5) is 0 Å². The highest BCUT2D eigenvalue weighted by molar-refractivity contribution is 6.22. The molecule has 0 amide bonds. The first-order chi connectivity index (χ1) is 10.9. The molecule has 23 heavy (non-hydrogen) atoms. The first-order valence-electron chi connectivity index (χ1n) is 8.09. The van der Waals surface area contributed by atoms with Crippen molar-refractivity contribution >= 4 is 10.0 Å². The van der Waals surface area contributed by atoms with Crippen LogP contribution >= 0.6 is 0 Å². The summed E-state index contributed by atoms with van der Waals surface area (Å²) in [4.78, 5) is 1.46. The molecular formula is C19H28NO2Si+. The van der Waals surface area contributed by atoms with Crippen LogP contribution in [0.2, 0.25) is 0 Å². The van der Waals surface area contributed by atoms with Gasteiger partial charge >= 0.3 is 10.0 Å². The Morgan fingerprint density at radius 3 is 2.17 bits per heavy atom. The maximum atomic E-state index is 5.45. The molecule has 0 bridgehead atoms. The molecule has 0 aromatic heterocycles. The minimum absolute atomic E-state index is 0.183. The van der Waals surface area contributed by atoms with Crippen molar-refractivity contribution in [1.82, 2.24) is 0 Å². The first kappa shape index (κ1) is 17.6. The van der Waals surface area contributed by atoms with Crippen LogP contribution < -0.4 is 13.8 Å². The van der Waals surface area contributed by atoms with Crippen molar-refractivity contribution in [2.24, 2.45) is 0 Å². The van der Waals surface area contributed by atoms with Crippen LogP contribution in [0.15, 0.2) is 48.5 Å². The fourth-order valence-electron chi connectivity index (χ4n) is 2.37. The van der Waals surface area contributed by atoms with E-state index in [9.17, 15) is 0 Å². The number of benzene rings is 2. The van der Waals surface area contributed by atoms with Gasteiger partial charge in [-0.3, -0.25) is 0 Å². The van der Waals surface area contributed by atoms with Crippen molar-refractivity contribution in [2.75, 3.05) is 14.1 Å². The van der Waals surface area contributed by atoms with Gasteiger partial charge in [-0.05, 0) is 23.1 Å². The van der Waals surface area contributed by atoms with Gasteiger partial charge in [0.05, 0.1) is 14.1 Å². The average Bonchev–Trinajstić information content (AvgIpc) is 2.95. The predicted molar refractivity (Wildman–Crippen MR) is 97.9 cm³/mol. The van der Waals surface area contributed by atoms with Gasteiger partial charge in [-0.2, -0.15) is 0 Å². The molecule has 1 aliphatic rings. The van der Waals surface area contributed by atoms with Crippen molar-refractivity contribution in [2.45, 2.75) is 32.7 Å². The fourth-order valence-corrected chi connectivity index (χ4v) is 3.14. The monoisotopic (exact) mass is 330 g/mol. The maximum absolute atomic E-state index is 5.45. The van der Waals surface area contributed by atoms with E-state index in [2.05, 4.69) is 77.3 Å². The van der Waals surface area contributed by atoms with Crippen LogP contribution in [0.5, 0.6) is 11.5 Å². The molecule has 1 N–H and O–H groups in total. The van der Waals surface area contributed by atoms with Crippen LogP contribution in [-0.4, -0.2) is 24.1 Å². The Bertz CT molecular complexity index is 621. The lowest BCUT2D eigenvalue weighted by atomic mass is 9.87. The second kappa shape index (κ2) is 7.66. The van der Waals surface area contributed by atoms with E-state index in [1.807, 2.05) is 6.07 Å². The largest absolute Gasteiger partial charge is 0.513 e. The summed E-state index contributed by atoms with van der Waals surface area (Å²) >= 11 is 0. The molecule has 0 atom stereocenters. The van der Waals surface area contributed by atoms with Gasteiger partial charge in [0, 0.05) is 5.56 Å². The van der Waals surface area contributed by atoms with E-state index in [4.69, 9.17) is 8.85 Å². The molecule has 0 fully saturated rings. The lowest BCUT2D eigenvalue weighted by Gasteiger charge is -2.19. The smallest absolute Gasteiger partial charge is 0.427 e. The van der Waals surface area contributed by atoms with E-state index in [-0.39, 0.29) is 5.41 Å². The van der Waals surface area contributed by atoms with Crippen LogP contribution in [0.3, 0.4) is 0 Å². The second-order valence-electron chi connectivity index (χ2n) is 7.19. The normalized spacial score (nSPS) is 13.8. The topological polar surface area (TPSA) is 22.9 Å². The van der Waals surface area contributed by atoms with Gasteiger partial charge in [-0.1, -0.05) is 57.2 Å². The average molecular weight is 331 g/mol. The van der Waals surface area contributed by atoms with E-state index < -0.39 is 10.0 Å². The molecule has 0 saturated heterocycles. The molecule has 0 spiro atoms. The van der Waals surface area contributed by atoms with Crippen LogP contribution in [-0.2, 0) is 12.0 Å². The lowest BCUT2D eigenvalue weighted by Crippen LogP contribution is -3.04. The molecule has 1 heterocycles. The Kier molecular flexibility index (Phi) is 5.85. The van der Waals surface area contributed by atoms with E-state index in [0.717, 1.165) is 18.0 Å². The quantitative estimate of drug-likeness (QED) is 0.852. The van der Waals surface area contributed by atoms with Gasteiger partial charge in [-0.25, -0.2) is 0 Å². The highest BCUT2D eigenvalue weighted by atomic mass is 28.3. The fraction of sp³-hybridized carbons (Fsp3) is 0.368. The van der Waals surface area contributed by atoms with E-state index in [1.165, 1.54) is 16.0 Å². The zero-order chi connectivity index (χ0) is 16.9. The summed E-state index contributed by atoms with van der Waals surface area (Å²) in [5.74, 6) is 1.85. The molecule has 124 valence electrons. The zero-order valence-corrected chi connectivity index (χ0v) is 16.3. The number of hydrogen-bond acceptors (Lipinski definition) is 2. The molecule has 3 nitrogen and oxygen atoms in total. The Morgan fingerprint density at radius 2 is 1.57 bits per heavy atom. The molecule has 0 saturated carbocycles. The third-order valence-corrected chi connectivity index (χ3v) is 4.50. The molecule has 2 aromatic carbocycles. The van der Waals surface area contributed by atoms with Gasteiger partial charge < -0.3 is 13.8 Å². The number of hydrogen-bond donors (Lipinski definition) is 1. The standard InChI is InChI=1S/C10H14O2Si.C9H13N/c1-10(2,3)7-4-5-8-9(6-7)12-13-11-8;1-10(2)8-9-6-4-3-5-7-9/h4-6H,13H2,1-3H3;3-7H,8H2,1-2H3/p+1. The molecule has 2 aromatic rings. The van der Waals surface area contributed by atoms with Crippen molar-refractivity contribution < 1.29 is 13.8 Å². The molecule has 4 heteroatoms. The van der Waals surface area contributed by atoms with E-state index >= 15 is 0 Å². The highest BCUT2D eigenvalue weighted by Gasteiger charge is 2.19. The minimum Gasteiger partial charge on any atom is -0.513 e. The zero-order valence-electron chi connectivity index (χ0n) is 14.8. The summed E-state index contributed by atoms with van der Waals surface area (Å²) in [5, 5.41) is 0. The summed E-state index contributed by atoms with van der Waals surface area (Å²) in [6.45, 7) is 7.70. The molecule has 0 aliphatic carbocycles. The number of rotatable bonds is 2. The molecule has 0 radical (unpaired) electrons. The van der Waals surface area contributed by atoms with Crippen molar-refractivity contribution in [1.29, 1.82) is 0 Å². The second-order valence-corrected chi connectivity index (χ2v) is 8.00. The van der Waals surface area contributed by atoms with Crippen LogP contribution in [0.25, 0.3) is 0 Å². The number of quaternary nitrogens is 1. The first-order valence-corrected chi connectivity index (χ1v) is 9.25. The molecular weight excluding hydrogens is 302 g/mol. The number of nitrogens with one attached hydrogen (secondary N) is 1. The Morgan fingerprint density at radius 1 is 0.913 bits per heavy atom. The Hall–Kier alpha value is -1.78. The summed E-state index contributed by atoms with van der Waals surface area (Å²) in [7, 11) is 3.55. The van der Waals surface area contributed by atoms with Gasteiger partial charge in [0.25, 0.3) is 0 Å². The van der Waals surface area contributed by atoms with Crippen molar-refractivity contribution in [3.05, 3.63) is 59.7 Å². The van der Waals surface area contributed by atoms with Gasteiger partial charge in [0.2, 0.25) is 0 Å². The highest BCUT2D eigenvalue weighted by Crippen LogP contribution is 2.35. The Labute approximate surface area is 142 Å². The summed E-state index contributed by atoms with van der Waals surface area (Å²) < 4.78 is 10.8. The summed E-state index contributed by atoms with van der Waals surface area (Å²) in [6, 6.07) is 16.7. The van der Waals surface area contributed by atoms with Gasteiger partial charge in [-0.15, -0.1) is 0 Å². The van der Waals surface area contributed by atoms with Crippen LogP contribution in [0, 0.1) is 0 Å². The number of fused-ring (bicyclic) bond motifs is 1. The van der Waals surface area contributed by atoms with Gasteiger partial charge in [0.1, 0.15) is 18.0 Å². The van der Waals surface area contributed by atoms with Crippen molar-refractivity contribution in [3.63, 3.8) is 0 Å². The molecule has 1 aliphatic heterocycles. The van der Waals surface area contributed by atoms with Crippen LogP contribution in [0.1, 0.15) is 31.9 Å². The predicted octanol–water partition coefficient (Wildman–Crippen LogP) is 2.09. The Balaban J connectivity index is 0.000000174. The lowest BCUT2D eigenvalue weighted by molar-refractivity contribution is -0.872.